The minimum absolute atomic E-state index is 0.0344. The number of alkyl halides is 3. The summed E-state index contributed by atoms with van der Waals surface area (Å²) in [7, 11) is 1.32. The zero-order valence-electron chi connectivity index (χ0n) is 19.4. The monoisotopic (exact) mass is 531 g/mol. The Morgan fingerprint density at radius 3 is 2.72 bits per heavy atom. The average Bonchev–Trinajstić information content (AvgIpc) is 2.79. The van der Waals surface area contributed by atoms with Crippen molar-refractivity contribution in [1.29, 1.82) is 0 Å². The van der Waals surface area contributed by atoms with Crippen molar-refractivity contribution >= 4 is 41.1 Å². The highest BCUT2D eigenvalue weighted by atomic mass is 35.5. The number of carbonyl (C=O) groups excluding carboxylic acids is 2. The van der Waals surface area contributed by atoms with Crippen LogP contribution in [0.2, 0.25) is 5.15 Å². The lowest BCUT2D eigenvalue weighted by atomic mass is 10.1. The molecule has 3 rings (SSSR count). The highest BCUT2D eigenvalue weighted by molar-refractivity contribution is 6.33. The number of aryl methyl sites for hydroxylation is 2. The van der Waals surface area contributed by atoms with Gasteiger partial charge in [-0.2, -0.15) is 18.3 Å². The van der Waals surface area contributed by atoms with E-state index in [1.54, 1.807) is 19.9 Å². The van der Waals surface area contributed by atoms with Crippen LogP contribution < -0.4 is 15.1 Å². The van der Waals surface area contributed by atoms with Gasteiger partial charge in [-0.25, -0.2) is 9.37 Å². The SMILES string of the molecule is Cc1cc(C)c(NC(=O)c2cc(F)c(N(C)/N=C3/COCCN3C=O)cc2OCC(F)(F)F)c(Cl)n1. The summed E-state index contributed by atoms with van der Waals surface area (Å²) in [5, 5.41) is 7.53. The van der Waals surface area contributed by atoms with Crippen LogP contribution in [-0.2, 0) is 9.53 Å². The fraction of sp³-hybridized carbons (Fsp3) is 0.364. The van der Waals surface area contributed by atoms with Crippen molar-refractivity contribution in [3.05, 3.63) is 46.0 Å². The molecule has 1 N–H and O–H groups in total. The molecule has 194 valence electrons. The van der Waals surface area contributed by atoms with Crippen molar-refractivity contribution in [2.24, 2.45) is 5.10 Å². The smallest absolute Gasteiger partial charge is 0.422 e. The fourth-order valence-electron chi connectivity index (χ4n) is 3.33. The maximum Gasteiger partial charge on any atom is 0.422 e. The molecule has 2 aromatic rings. The Balaban J connectivity index is 1.99. The van der Waals surface area contributed by atoms with Gasteiger partial charge in [-0.15, -0.1) is 0 Å². The first kappa shape index (κ1) is 27.1. The van der Waals surface area contributed by atoms with Gasteiger partial charge in [0.05, 0.1) is 30.1 Å². The highest BCUT2D eigenvalue weighted by Crippen LogP contribution is 2.32. The predicted octanol–water partition coefficient (Wildman–Crippen LogP) is 3.92. The van der Waals surface area contributed by atoms with Crippen LogP contribution >= 0.6 is 11.6 Å². The summed E-state index contributed by atoms with van der Waals surface area (Å²) >= 11 is 6.10. The molecule has 1 saturated heterocycles. The van der Waals surface area contributed by atoms with Gasteiger partial charge in [-0.05, 0) is 31.5 Å². The average molecular weight is 532 g/mol. The Morgan fingerprint density at radius 2 is 2.08 bits per heavy atom. The summed E-state index contributed by atoms with van der Waals surface area (Å²) in [6, 6.07) is 3.28. The zero-order valence-corrected chi connectivity index (χ0v) is 20.2. The van der Waals surface area contributed by atoms with Gasteiger partial charge in [0.25, 0.3) is 5.91 Å². The van der Waals surface area contributed by atoms with E-state index in [0.717, 1.165) is 17.1 Å². The van der Waals surface area contributed by atoms with E-state index < -0.39 is 35.8 Å². The van der Waals surface area contributed by atoms with Gasteiger partial charge in [0, 0.05) is 18.8 Å². The number of morpholine rings is 1. The summed E-state index contributed by atoms with van der Waals surface area (Å²) in [6.45, 7) is 2.09. The number of ether oxygens (including phenoxy) is 2. The maximum atomic E-state index is 15.1. The van der Waals surface area contributed by atoms with Crippen molar-refractivity contribution < 1.29 is 36.6 Å². The topological polar surface area (TPSA) is 96.4 Å². The van der Waals surface area contributed by atoms with E-state index >= 15 is 4.39 Å². The zero-order chi connectivity index (χ0) is 26.6. The number of hydrogen-bond donors (Lipinski definition) is 1. The number of nitrogens with one attached hydrogen (secondary N) is 1. The van der Waals surface area contributed by atoms with Crippen molar-refractivity contribution in [3.63, 3.8) is 0 Å². The van der Waals surface area contributed by atoms with Crippen LogP contribution in [0.25, 0.3) is 0 Å². The van der Waals surface area contributed by atoms with Crippen molar-refractivity contribution in [3.8, 4) is 5.75 Å². The molecule has 0 saturated carbocycles. The molecule has 0 radical (unpaired) electrons. The van der Waals surface area contributed by atoms with Crippen molar-refractivity contribution in [2.75, 3.05) is 43.7 Å². The van der Waals surface area contributed by atoms with E-state index in [4.69, 9.17) is 21.1 Å². The lowest BCUT2D eigenvalue weighted by Crippen LogP contribution is -2.42. The lowest BCUT2D eigenvalue weighted by molar-refractivity contribution is -0.153. The number of pyridine rings is 1. The van der Waals surface area contributed by atoms with E-state index in [9.17, 15) is 22.8 Å². The van der Waals surface area contributed by atoms with Gasteiger partial charge in [0.15, 0.2) is 17.6 Å². The Morgan fingerprint density at radius 1 is 1.36 bits per heavy atom. The Hall–Kier alpha value is -3.45. The molecule has 0 spiro atoms. The summed E-state index contributed by atoms with van der Waals surface area (Å²) in [5.41, 5.74) is 0.433. The first-order chi connectivity index (χ1) is 16.9. The highest BCUT2D eigenvalue weighted by Gasteiger charge is 2.30. The molecule has 1 fully saturated rings. The number of amides is 2. The standard InChI is InChI=1S/C22H22ClF4N5O4/c1-12-6-13(2)28-20(23)19(12)29-21(34)14-7-15(24)16(8-17(14)36-10-22(25,26)27)31(3)30-18-9-35-5-4-32(18)11-33/h6-8,11H,4-5,9-10H2,1-3H3,(H,29,34)/b30-18-. The Kier molecular flexibility index (Phi) is 8.35. The second kappa shape index (κ2) is 11.1. The van der Waals surface area contributed by atoms with Gasteiger partial charge in [0.1, 0.15) is 18.2 Å². The molecule has 2 heterocycles. The molecule has 0 atom stereocenters. The second-order valence-corrected chi connectivity index (χ2v) is 8.15. The predicted molar refractivity (Wildman–Crippen MR) is 124 cm³/mol. The molecule has 1 aliphatic heterocycles. The largest absolute Gasteiger partial charge is 0.483 e. The Labute approximate surface area is 208 Å². The third-order valence-electron chi connectivity index (χ3n) is 5.00. The molecule has 0 bridgehead atoms. The Bertz CT molecular complexity index is 1170. The molecule has 36 heavy (non-hydrogen) atoms. The molecule has 14 heteroatoms. The van der Waals surface area contributed by atoms with E-state index in [2.05, 4.69) is 15.4 Å². The second-order valence-electron chi connectivity index (χ2n) is 7.80. The van der Waals surface area contributed by atoms with E-state index in [1.807, 2.05) is 0 Å². The molecule has 1 aromatic carbocycles. The fourth-order valence-corrected chi connectivity index (χ4v) is 3.66. The molecular formula is C22H22ClF4N5O4. The van der Waals surface area contributed by atoms with Gasteiger partial charge >= 0.3 is 6.18 Å². The third kappa shape index (κ3) is 6.61. The minimum atomic E-state index is -4.72. The van der Waals surface area contributed by atoms with Crippen molar-refractivity contribution in [2.45, 2.75) is 20.0 Å². The number of aromatic nitrogens is 1. The number of halogens is 5. The van der Waals surface area contributed by atoms with Gasteiger partial charge in [-0.3, -0.25) is 19.5 Å². The first-order valence-corrected chi connectivity index (χ1v) is 10.9. The van der Waals surface area contributed by atoms with Crippen LogP contribution in [0.1, 0.15) is 21.6 Å². The number of amidine groups is 1. The van der Waals surface area contributed by atoms with Crippen LogP contribution in [0.4, 0.5) is 28.9 Å². The van der Waals surface area contributed by atoms with E-state index in [0.29, 0.717) is 17.7 Å². The van der Waals surface area contributed by atoms with E-state index in [1.165, 1.54) is 11.9 Å². The normalized spacial score (nSPS) is 15.1. The van der Waals surface area contributed by atoms with Crippen molar-refractivity contribution in [1.82, 2.24) is 9.88 Å². The molecule has 2 amide bonds. The minimum Gasteiger partial charge on any atom is -0.483 e. The summed E-state index contributed by atoms with van der Waals surface area (Å²) in [6.07, 6.45) is -4.19. The number of hydrazone groups is 1. The summed E-state index contributed by atoms with van der Waals surface area (Å²) in [5.74, 6) is -2.33. The number of hydrogen-bond acceptors (Lipinski definition) is 7. The molecule has 1 aliphatic rings. The van der Waals surface area contributed by atoms with E-state index in [-0.39, 0.29) is 42.1 Å². The number of nitrogens with zero attached hydrogens (tertiary/aromatic N) is 4. The van der Waals surface area contributed by atoms with Gasteiger partial charge in [0.2, 0.25) is 6.41 Å². The first-order valence-electron chi connectivity index (χ1n) is 10.5. The molecular weight excluding hydrogens is 510 g/mol. The lowest BCUT2D eigenvalue weighted by Gasteiger charge is -2.26. The van der Waals surface area contributed by atoms with Crippen LogP contribution in [0.15, 0.2) is 23.3 Å². The number of rotatable bonds is 7. The van der Waals surface area contributed by atoms with Crippen LogP contribution in [0.5, 0.6) is 5.75 Å². The van der Waals surface area contributed by atoms with Crippen LogP contribution in [-0.4, -0.2) is 67.6 Å². The number of benzene rings is 1. The van der Waals surface area contributed by atoms with Gasteiger partial charge < -0.3 is 14.8 Å². The summed E-state index contributed by atoms with van der Waals surface area (Å²) in [4.78, 5) is 29.5. The summed E-state index contributed by atoms with van der Waals surface area (Å²) < 4.78 is 63.8. The molecule has 9 nitrogen and oxygen atoms in total. The quantitative estimate of drug-likeness (QED) is 0.252. The van der Waals surface area contributed by atoms with Crippen LogP contribution in [0.3, 0.4) is 0 Å². The number of carbonyl (C=O) groups is 2. The van der Waals surface area contributed by atoms with Gasteiger partial charge in [-0.1, -0.05) is 11.6 Å². The third-order valence-corrected chi connectivity index (χ3v) is 5.28. The molecule has 0 aliphatic carbocycles. The number of anilines is 2. The molecule has 0 unspecified atom stereocenters. The van der Waals surface area contributed by atoms with Crippen LogP contribution in [0, 0.1) is 19.7 Å². The molecule has 1 aromatic heterocycles. The maximum absolute atomic E-state index is 15.1.